The minimum atomic E-state index is 0.0310. The largest absolute Gasteiger partial charge is 0.335 e. The molecular weight excluding hydrogens is 220 g/mol. The van der Waals surface area contributed by atoms with E-state index in [0.717, 1.165) is 18.7 Å². The molecule has 96 valence electrons. The molecule has 2 amide bonds. The highest BCUT2D eigenvalue weighted by atomic mass is 32.2. The Hall–Kier alpha value is -0.380. The van der Waals surface area contributed by atoms with Crippen LogP contribution in [0.4, 0.5) is 4.79 Å². The van der Waals surface area contributed by atoms with E-state index in [1.807, 2.05) is 25.7 Å². The smallest absolute Gasteiger partial charge is 0.317 e. The molecule has 1 N–H and O–H groups in total. The quantitative estimate of drug-likeness (QED) is 0.757. The van der Waals surface area contributed by atoms with E-state index in [4.69, 9.17) is 0 Å². The minimum Gasteiger partial charge on any atom is -0.335 e. The van der Waals surface area contributed by atoms with Crippen molar-refractivity contribution in [2.45, 2.75) is 40.2 Å². The summed E-state index contributed by atoms with van der Waals surface area (Å²) in [6, 6.07) is 0.214. The number of rotatable bonds is 5. The first-order valence-electron chi connectivity index (χ1n) is 5.79. The Morgan fingerprint density at radius 1 is 1.44 bits per heavy atom. The van der Waals surface area contributed by atoms with Gasteiger partial charge in [-0.15, -0.1) is 0 Å². The number of thioether (sulfide) groups is 1. The lowest BCUT2D eigenvalue weighted by Gasteiger charge is -2.30. The van der Waals surface area contributed by atoms with Crippen LogP contribution in [0.25, 0.3) is 0 Å². The van der Waals surface area contributed by atoms with Crippen LogP contribution < -0.4 is 5.32 Å². The van der Waals surface area contributed by atoms with E-state index in [-0.39, 0.29) is 17.5 Å². The summed E-state index contributed by atoms with van der Waals surface area (Å²) in [5.41, 5.74) is 0.107. The number of hydrogen-bond donors (Lipinski definition) is 1. The lowest BCUT2D eigenvalue weighted by atomic mass is 9.88. The molecule has 0 aliphatic carbocycles. The van der Waals surface area contributed by atoms with Crippen molar-refractivity contribution in [1.82, 2.24) is 10.2 Å². The first-order chi connectivity index (χ1) is 7.29. The third kappa shape index (κ3) is 6.26. The summed E-state index contributed by atoms with van der Waals surface area (Å²) in [5.74, 6) is 1.10. The predicted octanol–water partition coefficient (Wildman–Crippen LogP) is 2.82. The molecule has 0 aromatic rings. The molecule has 0 rings (SSSR count). The summed E-state index contributed by atoms with van der Waals surface area (Å²) in [6.45, 7) is 9.26. The maximum atomic E-state index is 11.8. The van der Waals surface area contributed by atoms with Crippen LogP contribution in [0.1, 0.15) is 34.1 Å². The molecule has 0 bridgehead atoms. The molecule has 0 unspecified atom stereocenters. The summed E-state index contributed by atoms with van der Waals surface area (Å²) < 4.78 is 0. The van der Waals surface area contributed by atoms with E-state index in [2.05, 4.69) is 32.3 Å². The van der Waals surface area contributed by atoms with E-state index in [0.29, 0.717) is 0 Å². The van der Waals surface area contributed by atoms with Gasteiger partial charge in [0.05, 0.1) is 0 Å². The van der Waals surface area contributed by atoms with Crippen molar-refractivity contribution in [3.05, 3.63) is 0 Å². The van der Waals surface area contributed by atoms with Gasteiger partial charge in [0, 0.05) is 19.6 Å². The fourth-order valence-corrected chi connectivity index (χ4v) is 1.48. The van der Waals surface area contributed by atoms with Gasteiger partial charge in [-0.3, -0.25) is 0 Å². The van der Waals surface area contributed by atoms with Gasteiger partial charge in [-0.05, 0) is 30.8 Å². The molecule has 4 heteroatoms. The second-order valence-electron chi connectivity index (χ2n) is 5.31. The van der Waals surface area contributed by atoms with Crippen molar-refractivity contribution in [2.24, 2.45) is 5.41 Å². The molecule has 0 saturated carbocycles. The van der Waals surface area contributed by atoms with Crippen molar-refractivity contribution >= 4 is 17.8 Å². The van der Waals surface area contributed by atoms with Gasteiger partial charge >= 0.3 is 6.03 Å². The van der Waals surface area contributed by atoms with Gasteiger partial charge in [0.25, 0.3) is 0 Å². The van der Waals surface area contributed by atoms with Crippen molar-refractivity contribution < 1.29 is 4.79 Å². The normalized spacial score (nSPS) is 13.4. The number of nitrogens with zero attached hydrogens (tertiary/aromatic N) is 1. The zero-order valence-electron chi connectivity index (χ0n) is 11.5. The van der Waals surface area contributed by atoms with E-state index >= 15 is 0 Å². The van der Waals surface area contributed by atoms with Gasteiger partial charge in [-0.25, -0.2) is 4.79 Å². The third-order valence-corrected chi connectivity index (χ3v) is 3.52. The van der Waals surface area contributed by atoms with Crippen molar-refractivity contribution in [2.75, 3.05) is 25.6 Å². The van der Waals surface area contributed by atoms with Crippen LogP contribution in [0.2, 0.25) is 0 Å². The summed E-state index contributed by atoms with van der Waals surface area (Å²) in [5, 5.41) is 3.03. The third-order valence-electron chi connectivity index (χ3n) is 2.83. The summed E-state index contributed by atoms with van der Waals surface area (Å²) >= 11 is 1.82. The van der Waals surface area contributed by atoms with Crippen molar-refractivity contribution in [1.29, 1.82) is 0 Å². The first-order valence-corrected chi connectivity index (χ1v) is 7.19. The number of urea groups is 1. The van der Waals surface area contributed by atoms with Crippen LogP contribution in [-0.2, 0) is 0 Å². The highest BCUT2D eigenvalue weighted by molar-refractivity contribution is 7.98. The van der Waals surface area contributed by atoms with E-state index in [9.17, 15) is 4.79 Å². The highest BCUT2D eigenvalue weighted by Crippen LogP contribution is 2.18. The molecule has 0 saturated heterocycles. The first kappa shape index (κ1) is 15.6. The molecule has 1 atom stereocenters. The molecule has 0 aliphatic heterocycles. The van der Waals surface area contributed by atoms with Crippen LogP contribution >= 0.6 is 11.8 Å². The molecule has 3 nitrogen and oxygen atoms in total. The number of nitrogens with one attached hydrogen (secondary N) is 1. The van der Waals surface area contributed by atoms with Gasteiger partial charge in [0.15, 0.2) is 0 Å². The SMILES string of the molecule is CSCCCN(C)C(=O)N[C@@H](C)C(C)(C)C. The van der Waals surface area contributed by atoms with E-state index < -0.39 is 0 Å². The van der Waals surface area contributed by atoms with Crippen LogP contribution in [0, 0.1) is 5.41 Å². The second-order valence-corrected chi connectivity index (χ2v) is 6.29. The zero-order valence-corrected chi connectivity index (χ0v) is 12.3. The number of carbonyl (C=O) groups is 1. The second kappa shape index (κ2) is 7.05. The van der Waals surface area contributed by atoms with Crippen LogP contribution in [0.15, 0.2) is 0 Å². The maximum absolute atomic E-state index is 11.8. The summed E-state index contributed by atoms with van der Waals surface area (Å²) in [4.78, 5) is 13.6. The lowest BCUT2D eigenvalue weighted by Crippen LogP contribution is -2.47. The van der Waals surface area contributed by atoms with E-state index in [1.165, 1.54) is 0 Å². The molecule has 16 heavy (non-hydrogen) atoms. The Labute approximate surface area is 104 Å². The molecular formula is C12H26N2OS. The highest BCUT2D eigenvalue weighted by Gasteiger charge is 2.22. The molecule has 0 aliphatic rings. The molecule has 0 fully saturated rings. The van der Waals surface area contributed by atoms with Gasteiger partial charge in [0.2, 0.25) is 0 Å². The minimum absolute atomic E-state index is 0.0310. The van der Waals surface area contributed by atoms with Gasteiger partial charge in [-0.2, -0.15) is 11.8 Å². The van der Waals surface area contributed by atoms with Crippen molar-refractivity contribution in [3.63, 3.8) is 0 Å². The lowest BCUT2D eigenvalue weighted by molar-refractivity contribution is 0.192. The average molecular weight is 246 g/mol. The molecule has 0 heterocycles. The van der Waals surface area contributed by atoms with E-state index in [1.54, 1.807) is 4.90 Å². The Kier molecular flexibility index (Phi) is 6.88. The standard InChI is InChI=1S/C12H26N2OS/c1-10(12(2,3)4)13-11(15)14(5)8-7-9-16-6/h10H,7-9H2,1-6H3,(H,13,15)/t10-/m0/s1. The Balaban J connectivity index is 3.96. The predicted molar refractivity (Wildman–Crippen MR) is 73.1 cm³/mol. The number of hydrogen-bond acceptors (Lipinski definition) is 2. The summed E-state index contributed by atoms with van der Waals surface area (Å²) in [7, 11) is 1.85. The zero-order chi connectivity index (χ0) is 12.8. The van der Waals surface area contributed by atoms with Gasteiger partial charge in [0.1, 0.15) is 0 Å². The Morgan fingerprint density at radius 3 is 2.44 bits per heavy atom. The van der Waals surface area contributed by atoms with Gasteiger partial charge in [-0.1, -0.05) is 20.8 Å². The van der Waals surface area contributed by atoms with Crippen molar-refractivity contribution in [3.8, 4) is 0 Å². The van der Waals surface area contributed by atoms with Gasteiger partial charge < -0.3 is 10.2 Å². The Morgan fingerprint density at radius 2 is 2.00 bits per heavy atom. The number of carbonyl (C=O) groups excluding carboxylic acids is 1. The summed E-state index contributed by atoms with van der Waals surface area (Å²) in [6.07, 6.45) is 3.14. The Bertz CT molecular complexity index is 214. The average Bonchev–Trinajstić information content (AvgIpc) is 2.16. The fourth-order valence-electron chi connectivity index (χ4n) is 1.06. The van der Waals surface area contributed by atoms with Crippen LogP contribution in [-0.4, -0.2) is 42.6 Å². The fraction of sp³-hybridized carbons (Fsp3) is 0.917. The van der Waals surface area contributed by atoms with Crippen LogP contribution in [0.3, 0.4) is 0 Å². The molecule has 0 aromatic carbocycles. The molecule has 0 aromatic heterocycles. The topological polar surface area (TPSA) is 32.3 Å². The number of amides is 2. The monoisotopic (exact) mass is 246 g/mol. The maximum Gasteiger partial charge on any atom is 0.317 e. The van der Waals surface area contributed by atoms with Crippen LogP contribution in [0.5, 0.6) is 0 Å². The molecule has 0 radical (unpaired) electrons. The molecule has 0 spiro atoms.